The predicted octanol–water partition coefficient (Wildman–Crippen LogP) is -1.71. The van der Waals surface area contributed by atoms with Gasteiger partial charge < -0.3 is 9.84 Å². The van der Waals surface area contributed by atoms with Gasteiger partial charge in [-0.25, -0.2) is 13.2 Å². The number of rotatable bonds is 2. The van der Waals surface area contributed by atoms with Crippen LogP contribution in [0.25, 0.3) is 0 Å². The van der Waals surface area contributed by atoms with Gasteiger partial charge in [0.15, 0.2) is 0 Å². The fourth-order valence-corrected chi connectivity index (χ4v) is 1.29. The highest BCUT2D eigenvalue weighted by atomic mass is 32.2. The van der Waals surface area contributed by atoms with Gasteiger partial charge in [-0.3, -0.25) is 4.72 Å². The maximum atomic E-state index is 10.6. The summed E-state index contributed by atoms with van der Waals surface area (Å²) in [7, 11) is -3.47. The predicted molar refractivity (Wildman–Crippen MR) is 38.2 cm³/mol. The number of hydrogen-bond acceptors (Lipinski definition) is 5. The van der Waals surface area contributed by atoms with E-state index in [-0.39, 0.29) is 5.70 Å². The molecule has 6 nitrogen and oxygen atoms in total. The summed E-state index contributed by atoms with van der Waals surface area (Å²) in [4.78, 5) is 10.5. The zero-order valence-corrected chi connectivity index (χ0v) is 6.96. The van der Waals surface area contributed by atoms with E-state index in [2.05, 4.69) is 4.74 Å². The summed E-state index contributed by atoms with van der Waals surface area (Å²) in [5.41, 5.74) is -0.164. The van der Waals surface area contributed by atoms with E-state index in [1.54, 1.807) is 0 Å². The van der Waals surface area contributed by atoms with Gasteiger partial charge in [-0.2, -0.15) is 0 Å². The van der Waals surface area contributed by atoms with Crippen LogP contribution < -0.4 is 4.72 Å². The van der Waals surface area contributed by atoms with Gasteiger partial charge in [-0.05, 0) is 0 Å². The van der Waals surface area contributed by atoms with E-state index in [1.165, 1.54) is 0 Å². The Morgan fingerprint density at radius 3 is 2.58 bits per heavy atom. The van der Waals surface area contributed by atoms with Crippen molar-refractivity contribution in [3.05, 3.63) is 11.8 Å². The van der Waals surface area contributed by atoms with Crippen molar-refractivity contribution < 1.29 is 23.1 Å². The molecule has 12 heavy (non-hydrogen) atoms. The maximum absolute atomic E-state index is 10.6. The van der Waals surface area contributed by atoms with Crippen LogP contribution in [0.1, 0.15) is 0 Å². The fraction of sp³-hybridized carbons (Fsp3) is 0.400. The standard InChI is InChI=1S/C5H7NO5S/c1-12(9,10)6-3-2-4(7)11-5(3)8/h2,5-6,8H,1H3. The van der Waals surface area contributed by atoms with Crippen molar-refractivity contribution in [2.45, 2.75) is 6.29 Å². The summed E-state index contributed by atoms with van der Waals surface area (Å²) in [5, 5.41) is 8.88. The smallest absolute Gasteiger partial charge is 0.335 e. The number of aliphatic hydroxyl groups excluding tert-OH is 1. The number of hydrogen-bond donors (Lipinski definition) is 2. The van der Waals surface area contributed by atoms with Gasteiger partial charge in [0.25, 0.3) is 0 Å². The summed E-state index contributed by atoms with van der Waals surface area (Å²) in [5.74, 6) is -0.770. The number of carbonyl (C=O) groups excluding carboxylic acids is 1. The summed E-state index contributed by atoms with van der Waals surface area (Å²) in [6.45, 7) is 0. The Balaban J connectivity index is 2.78. The van der Waals surface area contributed by atoms with E-state index < -0.39 is 22.3 Å². The van der Waals surface area contributed by atoms with Gasteiger partial charge in [0, 0.05) is 6.08 Å². The number of aliphatic hydroxyl groups is 1. The van der Waals surface area contributed by atoms with Crippen molar-refractivity contribution in [1.82, 2.24) is 4.72 Å². The molecule has 0 saturated carbocycles. The number of cyclic esters (lactones) is 1. The largest absolute Gasteiger partial charge is 0.427 e. The molecule has 68 valence electrons. The van der Waals surface area contributed by atoms with Crippen LogP contribution in [0.5, 0.6) is 0 Å². The molecule has 0 amide bonds. The highest BCUT2D eigenvalue weighted by molar-refractivity contribution is 7.88. The second kappa shape index (κ2) is 2.76. The quantitative estimate of drug-likeness (QED) is 0.510. The van der Waals surface area contributed by atoms with E-state index in [0.717, 1.165) is 12.3 Å². The zero-order valence-electron chi connectivity index (χ0n) is 6.14. The number of esters is 1. The third kappa shape index (κ3) is 2.21. The third-order valence-electron chi connectivity index (χ3n) is 1.07. The Morgan fingerprint density at radius 2 is 2.25 bits per heavy atom. The average molecular weight is 193 g/mol. The van der Waals surface area contributed by atoms with Crippen LogP contribution in [0.2, 0.25) is 0 Å². The second-order valence-electron chi connectivity index (χ2n) is 2.26. The summed E-state index contributed by atoms with van der Waals surface area (Å²) >= 11 is 0. The number of nitrogens with one attached hydrogen (secondary N) is 1. The highest BCUT2D eigenvalue weighted by Crippen LogP contribution is 2.10. The van der Waals surface area contributed by atoms with Crippen molar-refractivity contribution in [2.24, 2.45) is 0 Å². The van der Waals surface area contributed by atoms with Gasteiger partial charge in [0.05, 0.1) is 6.26 Å². The Labute approximate surface area is 68.9 Å². The third-order valence-corrected chi connectivity index (χ3v) is 1.68. The van der Waals surface area contributed by atoms with Crippen LogP contribution in [0.4, 0.5) is 0 Å². The molecular formula is C5H7NO5S. The maximum Gasteiger partial charge on any atom is 0.335 e. The average Bonchev–Trinajstić information content (AvgIpc) is 2.06. The highest BCUT2D eigenvalue weighted by Gasteiger charge is 2.25. The molecular weight excluding hydrogens is 186 g/mol. The summed E-state index contributed by atoms with van der Waals surface area (Å²) in [6, 6.07) is 0. The summed E-state index contributed by atoms with van der Waals surface area (Å²) < 4.78 is 27.4. The van der Waals surface area contributed by atoms with E-state index >= 15 is 0 Å². The number of ether oxygens (including phenoxy) is 1. The SMILES string of the molecule is CS(=O)(=O)NC1=CC(=O)OC1O. The minimum Gasteiger partial charge on any atom is -0.427 e. The van der Waals surface area contributed by atoms with Crippen LogP contribution in [0.3, 0.4) is 0 Å². The molecule has 0 radical (unpaired) electrons. The molecule has 1 unspecified atom stereocenters. The molecule has 0 bridgehead atoms. The molecule has 0 aliphatic carbocycles. The van der Waals surface area contributed by atoms with Gasteiger partial charge >= 0.3 is 5.97 Å². The minimum absolute atomic E-state index is 0.164. The molecule has 0 fully saturated rings. The van der Waals surface area contributed by atoms with E-state index in [1.807, 2.05) is 4.72 Å². The van der Waals surface area contributed by atoms with Crippen LogP contribution in [-0.2, 0) is 19.6 Å². The van der Waals surface area contributed by atoms with Crippen LogP contribution in [0, 0.1) is 0 Å². The van der Waals surface area contributed by atoms with Crippen LogP contribution >= 0.6 is 0 Å². The molecule has 0 aromatic heterocycles. The van der Waals surface area contributed by atoms with Crippen LogP contribution in [0.15, 0.2) is 11.8 Å². The molecule has 7 heteroatoms. The van der Waals surface area contributed by atoms with Gasteiger partial charge in [-0.1, -0.05) is 0 Å². The molecule has 2 N–H and O–H groups in total. The number of carbonyl (C=O) groups is 1. The van der Waals surface area contributed by atoms with Crippen LogP contribution in [-0.4, -0.2) is 32.0 Å². The Bertz CT molecular complexity index is 330. The lowest BCUT2D eigenvalue weighted by atomic mass is 10.4. The Hall–Kier alpha value is -1.08. The first-order chi connectivity index (χ1) is 5.38. The topological polar surface area (TPSA) is 92.7 Å². The first-order valence-electron chi connectivity index (χ1n) is 2.96. The van der Waals surface area contributed by atoms with Gasteiger partial charge in [0.1, 0.15) is 5.70 Å². The second-order valence-corrected chi connectivity index (χ2v) is 4.01. The lowest BCUT2D eigenvalue weighted by molar-refractivity contribution is -0.151. The zero-order chi connectivity index (χ0) is 9.35. The molecule has 1 heterocycles. The van der Waals surface area contributed by atoms with Crippen molar-refractivity contribution >= 4 is 16.0 Å². The van der Waals surface area contributed by atoms with Crippen molar-refractivity contribution in [1.29, 1.82) is 0 Å². The Kier molecular flexibility index (Phi) is 2.07. The molecule has 1 aliphatic rings. The van der Waals surface area contributed by atoms with Crippen molar-refractivity contribution in [2.75, 3.05) is 6.26 Å². The molecule has 1 rings (SSSR count). The van der Waals surface area contributed by atoms with E-state index in [4.69, 9.17) is 5.11 Å². The van der Waals surface area contributed by atoms with Gasteiger partial charge in [-0.15, -0.1) is 0 Å². The van der Waals surface area contributed by atoms with Crippen molar-refractivity contribution in [3.63, 3.8) is 0 Å². The molecule has 0 aromatic rings. The summed E-state index contributed by atoms with van der Waals surface area (Å²) in [6.07, 6.45) is 0.280. The number of sulfonamides is 1. The molecule has 1 atom stereocenters. The lowest BCUT2D eigenvalue weighted by Gasteiger charge is -2.07. The Morgan fingerprint density at radius 1 is 1.67 bits per heavy atom. The monoisotopic (exact) mass is 193 g/mol. The molecule has 0 spiro atoms. The minimum atomic E-state index is -3.47. The fourth-order valence-electron chi connectivity index (χ4n) is 0.700. The lowest BCUT2D eigenvalue weighted by Crippen LogP contribution is -2.27. The van der Waals surface area contributed by atoms with E-state index in [0.29, 0.717) is 0 Å². The first kappa shape index (κ1) is 9.01. The molecule has 0 saturated heterocycles. The normalized spacial score (nSPS) is 23.3. The van der Waals surface area contributed by atoms with Crippen molar-refractivity contribution in [3.8, 4) is 0 Å². The van der Waals surface area contributed by atoms with E-state index in [9.17, 15) is 13.2 Å². The van der Waals surface area contributed by atoms with Gasteiger partial charge in [0.2, 0.25) is 16.3 Å². The molecule has 0 aromatic carbocycles. The first-order valence-corrected chi connectivity index (χ1v) is 4.86. The molecule has 1 aliphatic heterocycles.